The Hall–Kier alpha value is -2.69. The van der Waals surface area contributed by atoms with Gasteiger partial charge in [-0.15, -0.1) is 0 Å². The summed E-state index contributed by atoms with van der Waals surface area (Å²) in [4.78, 5) is 33.1. The number of pyridine rings is 1. The van der Waals surface area contributed by atoms with Crippen LogP contribution in [0.3, 0.4) is 0 Å². The molecule has 1 saturated carbocycles. The van der Waals surface area contributed by atoms with E-state index in [-0.39, 0.29) is 17.9 Å². The first-order chi connectivity index (χ1) is 16.0. The second kappa shape index (κ2) is 10.5. The van der Waals surface area contributed by atoms with Gasteiger partial charge in [0, 0.05) is 43.5 Å². The zero-order valence-corrected chi connectivity index (χ0v) is 20.1. The average Bonchev–Trinajstić information content (AvgIpc) is 3.33. The first-order valence-corrected chi connectivity index (χ1v) is 12.5. The van der Waals surface area contributed by atoms with E-state index in [4.69, 9.17) is 0 Å². The summed E-state index contributed by atoms with van der Waals surface area (Å²) in [7, 11) is 0. The van der Waals surface area contributed by atoms with Crippen LogP contribution in [0, 0.1) is 11.3 Å². The first-order valence-electron chi connectivity index (χ1n) is 12.5. The van der Waals surface area contributed by atoms with Crippen LogP contribution in [-0.2, 0) is 16.0 Å². The highest BCUT2D eigenvalue weighted by Crippen LogP contribution is 2.38. The first kappa shape index (κ1) is 23.5. The fraction of sp³-hybridized carbons (Fsp3) is 0.536. The number of piperidine rings is 1. The van der Waals surface area contributed by atoms with E-state index in [1.165, 1.54) is 12.8 Å². The molecule has 2 aliphatic rings. The normalized spacial score (nSPS) is 21.4. The molecule has 5 heteroatoms. The van der Waals surface area contributed by atoms with Gasteiger partial charge in [-0.3, -0.25) is 14.6 Å². The van der Waals surface area contributed by atoms with Gasteiger partial charge in [0.1, 0.15) is 0 Å². The molecule has 176 valence electrons. The topological polar surface area (TPSA) is 62.3 Å². The van der Waals surface area contributed by atoms with Crippen LogP contribution < -0.4 is 5.32 Å². The molecule has 1 aliphatic carbocycles. The summed E-state index contributed by atoms with van der Waals surface area (Å²) >= 11 is 0. The third-order valence-electron chi connectivity index (χ3n) is 7.29. The molecule has 1 unspecified atom stereocenters. The number of nitrogens with zero attached hydrogens (tertiary/aromatic N) is 2. The Bertz CT molecular complexity index is 953. The minimum Gasteiger partial charge on any atom is -0.353 e. The lowest BCUT2D eigenvalue weighted by atomic mass is 9.73. The van der Waals surface area contributed by atoms with Crippen LogP contribution in [0.2, 0.25) is 0 Å². The van der Waals surface area contributed by atoms with Crippen molar-refractivity contribution in [1.29, 1.82) is 0 Å². The van der Waals surface area contributed by atoms with Crippen LogP contribution in [0.5, 0.6) is 0 Å². The molecule has 0 spiro atoms. The van der Waals surface area contributed by atoms with Gasteiger partial charge in [0.2, 0.25) is 11.8 Å². The SMILES string of the molecule is CC(C)NC(=O)C1(Cc2ccccc2-c2cccnc2)CCCN(C(=O)CC2CCCC2)C1. The molecule has 1 aromatic heterocycles. The molecule has 2 aromatic rings. The number of amides is 2. The fourth-order valence-corrected chi connectivity index (χ4v) is 5.60. The van der Waals surface area contributed by atoms with Crippen molar-refractivity contribution < 1.29 is 9.59 Å². The van der Waals surface area contributed by atoms with Crippen LogP contribution in [0.15, 0.2) is 48.8 Å². The summed E-state index contributed by atoms with van der Waals surface area (Å²) < 4.78 is 0. The Labute approximate surface area is 198 Å². The van der Waals surface area contributed by atoms with Crippen molar-refractivity contribution in [2.45, 2.75) is 71.3 Å². The van der Waals surface area contributed by atoms with Crippen molar-refractivity contribution in [2.24, 2.45) is 11.3 Å². The minimum atomic E-state index is -0.619. The highest BCUT2D eigenvalue weighted by Gasteiger charge is 2.44. The van der Waals surface area contributed by atoms with Crippen LogP contribution in [0.25, 0.3) is 11.1 Å². The number of hydrogen-bond donors (Lipinski definition) is 1. The van der Waals surface area contributed by atoms with Crippen molar-refractivity contribution in [3.05, 3.63) is 54.4 Å². The summed E-state index contributed by atoms with van der Waals surface area (Å²) in [5.74, 6) is 0.811. The van der Waals surface area contributed by atoms with E-state index >= 15 is 0 Å². The largest absolute Gasteiger partial charge is 0.353 e. The third-order valence-corrected chi connectivity index (χ3v) is 7.29. The molecule has 33 heavy (non-hydrogen) atoms. The number of carbonyl (C=O) groups excluding carboxylic acids is 2. The quantitative estimate of drug-likeness (QED) is 0.649. The fourth-order valence-electron chi connectivity index (χ4n) is 5.60. The Morgan fingerprint density at radius 2 is 1.91 bits per heavy atom. The predicted octanol–water partition coefficient (Wildman–Crippen LogP) is 5.00. The Morgan fingerprint density at radius 3 is 2.64 bits per heavy atom. The number of rotatable bonds is 7. The highest BCUT2D eigenvalue weighted by molar-refractivity contribution is 5.85. The molecule has 2 amide bonds. The lowest BCUT2D eigenvalue weighted by Crippen LogP contribution is -2.55. The lowest BCUT2D eigenvalue weighted by molar-refractivity contribution is -0.142. The molecule has 2 fully saturated rings. The van der Waals surface area contributed by atoms with Crippen LogP contribution in [-0.4, -0.2) is 40.8 Å². The maximum atomic E-state index is 13.6. The van der Waals surface area contributed by atoms with Crippen molar-refractivity contribution >= 4 is 11.8 Å². The molecule has 0 bridgehead atoms. The Balaban J connectivity index is 1.61. The summed E-state index contributed by atoms with van der Waals surface area (Å²) in [6, 6.07) is 12.4. The molecular weight excluding hydrogens is 410 g/mol. The average molecular weight is 448 g/mol. The lowest BCUT2D eigenvalue weighted by Gasteiger charge is -2.43. The van der Waals surface area contributed by atoms with Crippen LogP contribution in [0.4, 0.5) is 0 Å². The summed E-state index contributed by atoms with van der Waals surface area (Å²) in [6.45, 7) is 5.26. The second-order valence-electron chi connectivity index (χ2n) is 10.3. The van der Waals surface area contributed by atoms with E-state index in [0.717, 1.165) is 48.9 Å². The van der Waals surface area contributed by atoms with Gasteiger partial charge < -0.3 is 10.2 Å². The van der Waals surface area contributed by atoms with E-state index in [2.05, 4.69) is 28.5 Å². The van der Waals surface area contributed by atoms with Gasteiger partial charge in [0.25, 0.3) is 0 Å². The zero-order valence-electron chi connectivity index (χ0n) is 20.1. The monoisotopic (exact) mass is 447 g/mol. The number of hydrogen-bond acceptors (Lipinski definition) is 3. The molecule has 1 N–H and O–H groups in total. The zero-order chi connectivity index (χ0) is 23.3. The number of carbonyl (C=O) groups is 2. The molecular formula is C28H37N3O2. The predicted molar refractivity (Wildman–Crippen MR) is 131 cm³/mol. The van der Waals surface area contributed by atoms with Crippen molar-refractivity contribution in [1.82, 2.24) is 15.2 Å². The van der Waals surface area contributed by atoms with E-state index < -0.39 is 5.41 Å². The van der Waals surface area contributed by atoms with Gasteiger partial charge >= 0.3 is 0 Å². The van der Waals surface area contributed by atoms with E-state index in [1.54, 1.807) is 6.20 Å². The summed E-state index contributed by atoms with van der Waals surface area (Å²) in [6.07, 6.45) is 11.4. The van der Waals surface area contributed by atoms with E-state index in [0.29, 0.717) is 25.3 Å². The molecule has 2 heterocycles. The molecule has 0 radical (unpaired) electrons. The minimum absolute atomic E-state index is 0.0625. The molecule has 1 atom stereocenters. The molecule has 5 nitrogen and oxygen atoms in total. The van der Waals surface area contributed by atoms with Crippen LogP contribution >= 0.6 is 0 Å². The van der Waals surface area contributed by atoms with E-state index in [1.807, 2.05) is 43.1 Å². The summed E-state index contributed by atoms with van der Waals surface area (Å²) in [5, 5.41) is 3.18. The number of aromatic nitrogens is 1. The Morgan fingerprint density at radius 1 is 1.12 bits per heavy atom. The van der Waals surface area contributed by atoms with Crippen LogP contribution in [0.1, 0.15) is 64.4 Å². The number of likely N-dealkylation sites (tertiary alicyclic amines) is 1. The maximum absolute atomic E-state index is 13.6. The maximum Gasteiger partial charge on any atom is 0.228 e. The van der Waals surface area contributed by atoms with Crippen molar-refractivity contribution in [3.63, 3.8) is 0 Å². The van der Waals surface area contributed by atoms with Crippen molar-refractivity contribution in [3.8, 4) is 11.1 Å². The molecule has 4 rings (SSSR count). The highest BCUT2D eigenvalue weighted by atomic mass is 16.2. The number of nitrogens with one attached hydrogen (secondary N) is 1. The Kier molecular flexibility index (Phi) is 7.46. The van der Waals surface area contributed by atoms with Gasteiger partial charge in [0.05, 0.1) is 5.41 Å². The van der Waals surface area contributed by atoms with Gasteiger partial charge in [0.15, 0.2) is 0 Å². The van der Waals surface area contributed by atoms with Gasteiger partial charge in [-0.1, -0.05) is 43.2 Å². The van der Waals surface area contributed by atoms with Gasteiger partial charge in [-0.25, -0.2) is 0 Å². The summed E-state index contributed by atoms with van der Waals surface area (Å²) in [5.41, 5.74) is 2.68. The second-order valence-corrected chi connectivity index (χ2v) is 10.3. The van der Waals surface area contributed by atoms with E-state index in [9.17, 15) is 9.59 Å². The number of benzene rings is 1. The third kappa shape index (κ3) is 5.63. The standard InChI is InChI=1S/C28H37N3O2/c1-21(2)30-27(33)28(14-8-16-31(20-28)26(32)17-22-9-3-4-10-22)18-23-11-5-6-13-25(23)24-12-7-15-29-19-24/h5-7,11-13,15,19,21-22H,3-4,8-10,14,16-18,20H2,1-2H3,(H,30,33). The van der Waals surface area contributed by atoms with Gasteiger partial charge in [-0.2, -0.15) is 0 Å². The van der Waals surface area contributed by atoms with Gasteiger partial charge in [-0.05, 0) is 69.1 Å². The molecule has 1 aliphatic heterocycles. The molecule has 1 saturated heterocycles. The molecule has 1 aromatic carbocycles. The smallest absolute Gasteiger partial charge is 0.228 e. The van der Waals surface area contributed by atoms with Crippen molar-refractivity contribution in [2.75, 3.05) is 13.1 Å².